The molecule has 2 aromatic carbocycles. The summed E-state index contributed by atoms with van der Waals surface area (Å²) in [4.78, 5) is 18.0. The van der Waals surface area contributed by atoms with Crippen LogP contribution in [0.4, 0.5) is 0 Å². The van der Waals surface area contributed by atoms with Crippen molar-refractivity contribution in [3.05, 3.63) is 71.3 Å². The van der Waals surface area contributed by atoms with Crippen molar-refractivity contribution < 1.29 is 9.53 Å². The molecule has 0 spiro atoms. The van der Waals surface area contributed by atoms with Gasteiger partial charge in [0.2, 0.25) is 0 Å². The number of hydrogen-bond acceptors (Lipinski definition) is 3. The Hall–Kier alpha value is -2.17. The van der Waals surface area contributed by atoms with Gasteiger partial charge in [-0.05, 0) is 37.0 Å². The van der Waals surface area contributed by atoms with Crippen LogP contribution in [0.2, 0.25) is 0 Å². The van der Waals surface area contributed by atoms with Crippen molar-refractivity contribution in [2.24, 2.45) is 11.8 Å². The van der Waals surface area contributed by atoms with Crippen LogP contribution in [0, 0.1) is 18.8 Å². The molecule has 0 bridgehead atoms. The molecule has 28 heavy (non-hydrogen) atoms. The highest BCUT2D eigenvalue weighted by Gasteiger charge is 2.48. The number of fused-ring (bicyclic) bond motifs is 1. The van der Waals surface area contributed by atoms with Gasteiger partial charge in [-0.15, -0.1) is 0 Å². The Labute approximate surface area is 168 Å². The van der Waals surface area contributed by atoms with Crippen LogP contribution in [-0.2, 0) is 4.74 Å². The van der Waals surface area contributed by atoms with E-state index in [1.165, 1.54) is 11.1 Å². The molecule has 0 aromatic heterocycles. The van der Waals surface area contributed by atoms with Gasteiger partial charge in [0.25, 0.3) is 5.91 Å². The van der Waals surface area contributed by atoms with Gasteiger partial charge in [-0.1, -0.05) is 48.0 Å². The van der Waals surface area contributed by atoms with E-state index in [2.05, 4.69) is 41.0 Å². The summed E-state index contributed by atoms with van der Waals surface area (Å²) in [6.07, 6.45) is 1.07. The smallest absolute Gasteiger partial charge is 0.254 e. The topological polar surface area (TPSA) is 32.8 Å². The molecule has 2 heterocycles. The quantitative estimate of drug-likeness (QED) is 0.717. The number of amides is 1. The number of carbonyl (C=O) groups excluding carboxylic acids is 1. The number of likely N-dealkylation sites (tertiary alicyclic amines) is 2. The van der Waals surface area contributed by atoms with Gasteiger partial charge in [0.05, 0.1) is 6.04 Å². The van der Waals surface area contributed by atoms with Gasteiger partial charge in [0.15, 0.2) is 0 Å². The lowest BCUT2D eigenvalue weighted by Crippen LogP contribution is -2.36. The van der Waals surface area contributed by atoms with Crippen LogP contribution in [0.15, 0.2) is 54.6 Å². The zero-order chi connectivity index (χ0) is 19.5. The minimum atomic E-state index is 0.160. The van der Waals surface area contributed by atoms with Crippen LogP contribution in [-0.4, -0.2) is 55.6 Å². The van der Waals surface area contributed by atoms with E-state index in [1.54, 1.807) is 7.11 Å². The van der Waals surface area contributed by atoms with E-state index in [1.807, 2.05) is 30.3 Å². The van der Waals surface area contributed by atoms with Crippen LogP contribution >= 0.6 is 0 Å². The Balaban J connectivity index is 1.56. The van der Waals surface area contributed by atoms with Gasteiger partial charge >= 0.3 is 0 Å². The molecule has 2 aliphatic heterocycles. The first-order valence-corrected chi connectivity index (χ1v) is 10.3. The average Bonchev–Trinajstić information content (AvgIpc) is 3.26. The molecule has 4 rings (SSSR count). The number of benzene rings is 2. The molecule has 2 aliphatic rings. The maximum Gasteiger partial charge on any atom is 0.254 e. The zero-order valence-electron chi connectivity index (χ0n) is 16.9. The maximum absolute atomic E-state index is 13.4. The second-order valence-corrected chi connectivity index (χ2v) is 8.21. The highest BCUT2D eigenvalue weighted by atomic mass is 16.5. The Morgan fingerprint density at radius 1 is 1.04 bits per heavy atom. The molecule has 4 nitrogen and oxygen atoms in total. The lowest BCUT2D eigenvalue weighted by Gasteiger charge is -2.30. The summed E-state index contributed by atoms with van der Waals surface area (Å²) in [5.74, 6) is 1.20. The van der Waals surface area contributed by atoms with E-state index in [-0.39, 0.29) is 11.9 Å². The summed E-state index contributed by atoms with van der Waals surface area (Å²) >= 11 is 0. The Morgan fingerprint density at radius 3 is 2.50 bits per heavy atom. The number of methoxy groups -OCH3 is 1. The van der Waals surface area contributed by atoms with Crippen LogP contribution < -0.4 is 0 Å². The number of hydrogen-bond donors (Lipinski definition) is 0. The summed E-state index contributed by atoms with van der Waals surface area (Å²) in [5.41, 5.74) is 3.24. The van der Waals surface area contributed by atoms with Gasteiger partial charge in [0, 0.05) is 51.4 Å². The molecule has 2 fully saturated rings. The summed E-state index contributed by atoms with van der Waals surface area (Å²) in [6.45, 7) is 6.93. The fourth-order valence-electron chi connectivity index (χ4n) is 4.90. The molecule has 4 heteroatoms. The van der Waals surface area contributed by atoms with Crippen molar-refractivity contribution in [2.75, 3.05) is 39.9 Å². The predicted octanol–water partition coefficient (Wildman–Crippen LogP) is 3.78. The van der Waals surface area contributed by atoms with Crippen LogP contribution in [0.5, 0.6) is 0 Å². The third-order valence-corrected chi connectivity index (χ3v) is 6.26. The molecule has 0 unspecified atom stereocenters. The van der Waals surface area contributed by atoms with E-state index >= 15 is 0 Å². The summed E-state index contributed by atoms with van der Waals surface area (Å²) in [6, 6.07) is 18.7. The van der Waals surface area contributed by atoms with Crippen molar-refractivity contribution in [3.63, 3.8) is 0 Å². The molecule has 0 saturated carbocycles. The molecule has 0 N–H and O–H groups in total. The second-order valence-electron chi connectivity index (χ2n) is 8.21. The lowest BCUT2D eigenvalue weighted by atomic mass is 9.89. The van der Waals surface area contributed by atoms with Crippen LogP contribution in [0.3, 0.4) is 0 Å². The Bertz CT molecular complexity index is 790. The third kappa shape index (κ3) is 3.85. The minimum Gasteiger partial charge on any atom is -0.385 e. The number of nitrogens with zero attached hydrogens (tertiary/aromatic N) is 2. The fraction of sp³-hybridized carbons (Fsp3) is 0.458. The first-order valence-electron chi connectivity index (χ1n) is 10.3. The number of rotatable bonds is 6. The molecule has 148 valence electrons. The van der Waals surface area contributed by atoms with Gasteiger partial charge in [-0.25, -0.2) is 0 Å². The first-order chi connectivity index (χ1) is 13.7. The van der Waals surface area contributed by atoms with Gasteiger partial charge < -0.3 is 14.5 Å². The molecular formula is C24H30N2O2. The summed E-state index contributed by atoms with van der Waals surface area (Å²) in [5, 5.41) is 0. The van der Waals surface area contributed by atoms with E-state index in [0.717, 1.165) is 44.8 Å². The highest BCUT2D eigenvalue weighted by molar-refractivity contribution is 5.94. The van der Waals surface area contributed by atoms with Gasteiger partial charge in [0.1, 0.15) is 0 Å². The molecule has 0 radical (unpaired) electrons. The highest BCUT2D eigenvalue weighted by Crippen LogP contribution is 2.45. The normalized spacial score (nSPS) is 24.5. The number of carbonyl (C=O) groups is 1. The predicted molar refractivity (Wildman–Crippen MR) is 111 cm³/mol. The minimum absolute atomic E-state index is 0.160. The van der Waals surface area contributed by atoms with Crippen molar-refractivity contribution in [2.45, 2.75) is 19.4 Å². The number of ether oxygens (including phenoxy) is 1. The lowest BCUT2D eigenvalue weighted by molar-refractivity contribution is 0.0699. The van der Waals surface area contributed by atoms with Crippen molar-refractivity contribution >= 4 is 5.91 Å². The van der Waals surface area contributed by atoms with Gasteiger partial charge in [-0.2, -0.15) is 0 Å². The molecule has 2 aromatic rings. The van der Waals surface area contributed by atoms with E-state index in [4.69, 9.17) is 4.74 Å². The molecule has 1 amide bonds. The van der Waals surface area contributed by atoms with E-state index in [0.29, 0.717) is 11.8 Å². The molecule has 2 saturated heterocycles. The van der Waals surface area contributed by atoms with Crippen molar-refractivity contribution in [1.29, 1.82) is 0 Å². The average molecular weight is 379 g/mol. The van der Waals surface area contributed by atoms with E-state index in [9.17, 15) is 4.79 Å². The monoisotopic (exact) mass is 378 g/mol. The molecule has 3 atom stereocenters. The Morgan fingerprint density at radius 2 is 1.79 bits per heavy atom. The fourth-order valence-corrected chi connectivity index (χ4v) is 4.90. The Kier molecular flexibility index (Phi) is 5.79. The zero-order valence-corrected chi connectivity index (χ0v) is 16.9. The third-order valence-electron chi connectivity index (χ3n) is 6.26. The van der Waals surface area contributed by atoms with E-state index < -0.39 is 0 Å². The summed E-state index contributed by atoms with van der Waals surface area (Å²) < 4.78 is 5.21. The van der Waals surface area contributed by atoms with Gasteiger partial charge in [-0.3, -0.25) is 4.79 Å². The maximum atomic E-state index is 13.4. The van der Waals surface area contributed by atoms with Crippen molar-refractivity contribution in [1.82, 2.24) is 9.80 Å². The largest absolute Gasteiger partial charge is 0.385 e. The first kappa shape index (κ1) is 19.2. The SMILES string of the molecule is COCCCN1C[C@H]2CN(C(=O)c3ccc(C)cc3)[C@H](c3ccccc3)[C@H]2C1. The van der Waals surface area contributed by atoms with Crippen molar-refractivity contribution in [3.8, 4) is 0 Å². The second kappa shape index (κ2) is 8.46. The molecular weight excluding hydrogens is 348 g/mol. The number of aryl methyl sites for hydroxylation is 1. The summed E-state index contributed by atoms with van der Waals surface area (Å²) in [7, 11) is 1.76. The van der Waals surface area contributed by atoms with Crippen LogP contribution in [0.25, 0.3) is 0 Å². The molecule has 0 aliphatic carbocycles. The standard InChI is InChI=1S/C24H30N2O2/c1-18-9-11-20(12-10-18)24(27)26-16-21-15-25(13-6-14-28-2)17-22(21)23(26)19-7-4-3-5-8-19/h3-5,7-12,21-23H,6,13-17H2,1-2H3/t21-,22-,23+/m0/s1. The van der Waals surface area contributed by atoms with Crippen LogP contribution in [0.1, 0.15) is 33.9 Å².